The number of morpholine rings is 1. The number of nitrogens with two attached hydrogens (primary N) is 1. The molecule has 2 N–H and O–H groups in total. The Labute approximate surface area is 122 Å². The molecule has 0 spiro atoms. The van der Waals surface area contributed by atoms with Crippen LogP contribution in [0.2, 0.25) is 0 Å². The molecule has 1 heterocycles. The molecule has 0 amide bonds. The van der Waals surface area contributed by atoms with E-state index in [-0.39, 0.29) is 11.9 Å². The second kappa shape index (κ2) is 6.79. The highest BCUT2D eigenvalue weighted by molar-refractivity contribution is 9.10. The molecule has 1 aromatic rings. The predicted molar refractivity (Wildman–Crippen MR) is 77.5 cm³/mol. The van der Waals surface area contributed by atoms with Crippen molar-refractivity contribution in [1.82, 2.24) is 4.90 Å². The molecule has 1 aliphatic rings. The van der Waals surface area contributed by atoms with Crippen LogP contribution in [0, 0.1) is 5.82 Å². The third-order valence-electron chi connectivity index (χ3n) is 3.46. The lowest BCUT2D eigenvalue weighted by molar-refractivity contribution is -0.0412. The van der Waals surface area contributed by atoms with Crippen molar-refractivity contribution in [2.75, 3.05) is 26.2 Å². The number of benzene rings is 1. The van der Waals surface area contributed by atoms with E-state index in [4.69, 9.17) is 10.5 Å². The maximum absolute atomic E-state index is 14.1. The summed E-state index contributed by atoms with van der Waals surface area (Å²) in [4.78, 5) is 2.32. The molecule has 1 fully saturated rings. The third-order valence-corrected chi connectivity index (χ3v) is 4.07. The van der Waals surface area contributed by atoms with Crippen molar-refractivity contribution in [3.8, 4) is 0 Å². The Bertz CT molecular complexity index is 428. The molecule has 0 aromatic heterocycles. The number of ether oxygens (including phenoxy) is 1. The molecule has 0 aliphatic carbocycles. The summed E-state index contributed by atoms with van der Waals surface area (Å²) in [6.45, 7) is 5.54. The average Bonchev–Trinajstić information content (AvgIpc) is 2.42. The summed E-state index contributed by atoms with van der Waals surface area (Å²) in [5, 5.41) is 0. The first-order valence-corrected chi connectivity index (χ1v) is 7.46. The lowest BCUT2D eigenvalue weighted by atomic mass is 10.0. The van der Waals surface area contributed by atoms with Crippen LogP contribution in [0.1, 0.15) is 24.9 Å². The molecule has 2 rings (SSSR count). The van der Waals surface area contributed by atoms with Gasteiger partial charge in [-0.2, -0.15) is 0 Å². The molecular weight excluding hydrogens is 311 g/mol. The highest BCUT2D eigenvalue weighted by Gasteiger charge is 2.28. The van der Waals surface area contributed by atoms with E-state index in [0.29, 0.717) is 16.6 Å². The van der Waals surface area contributed by atoms with Crippen LogP contribution in [0.15, 0.2) is 22.7 Å². The van der Waals surface area contributed by atoms with E-state index in [1.54, 1.807) is 18.2 Å². The topological polar surface area (TPSA) is 38.5 Å². The van der Waals surface area contributed by atoms with Gasteiger partial charge in [0.15, 0.2) is 0 Å². The van der Waals surface area contributed by atoms with Crippen molar-refractivity contribution in [3.05, 3.63) is 34.1 Å². The number of hydrogen-bond acceptors (Lipinski definition) is 3. The van der Waals surface area contributed by atoms with Crippen LogP contribution in [-0.2, 0) is 4.74 Å². The summed E-state index contributed by atoms with van der Waals surface area (Å²) >= 11 is 3.19. The van der Waals surface area contributed by atoms with E-state index in [0.717, 1.165) is 26.1 Å². The molecule has 0 radical (unpaired) electrons. The van der Waals surface area contributed by atoms with Crippen molar-refractivity contribution in [2.24, 2.45) is 5.73 Å². The van der Waals surface area contributed by atoms with Crippen molar-refractivity contribution in [2.45, 2.75) is 25.5 Å². The summed E-state index contributed by atoms with van der Waals surface area (Å²) in [6, 6.07) is 4.77. The lowest BCUT2D eigenvalue weighted by Crippen LogP contribution is -2.47. The van der Waals surface area contributed by atoms with Gasteiger partial charge >= 0.3 is 0 Å². The van der Waals surface area contributed by atoms with Crippen LogP contribution in [0.3, 0.4) is 0 Å². The van der Waals surface area contributed by atoms with E-state index >= 15 is 0 Å². The van der Waals surface area contributed by atoms with E-state index in [9.17, 15) is 4.39 Å². The van der Waals surface area contributed by atoms with Gasteiger partial charge in [0.05, 0.1) is 23.2 Å². The first-order valence-electron chi connectivity index (χ1n) is 6.67. The van der Waals surface area contributed by atoms with Gasteiger partial charge in [0.2, 0.25) is 0 Å². The molecule has 5 heteroatoms. The van der Waals surface area contributed by atoms with Crippen LogP contribution in [0.4, 0.5) is 4.39 Å². The van der Waals surface area contributed by atoms with Crippen LogP contribution < -0.4 is 5.73 Å². The smallest absolute Gasteiger partial charge is 0.142 e. The zero-order chi connectivity index (χ0) is 13.8. The summed E-state index contributed by atoms with van der Waals surface area (Å²) < 4.78 is 20.2. The predicted octanol–water partition coefficient (Wildman–Crippen LogP) is 2.70. The summed E-state index contributed by atoms with van der Waals surface area (Å²) in [5.74, 6) is -0.286. The fourth-order valence-electron chi connectivity index (χ4n) is 2.45. The molecule has 19 heavy (non-hydrogen) atoms. The van der Waals surface area contributed by atoms with Gasteiger partial charge in [0.25, 0.3) is 0 Å². The minimum atomic E-state index is -0.433. The summed E-state index contributed by atoms with van der Waals surface area (Å²) in [6.07, 6.45) is 0.955. The highest BCUT2D eigenvalue weighted by Crippen LogP contribution is 2.26. The van der Waals surface area contributed by atoms with Gasteiger partial charge in [-0.3, -0.25) is 4.90 Å². The van der Waals surface area contributed by atoms with Crippen molar-refractivity contribution in [3.63, 3.8) is 0 Å². The lowest BCUT2D eigenvalue weighted by Gasteiger charge is -2.35. The number of nitrogens with zero attached hydrogens (tertiary/aromatic N) is 1. The van der Waals surface area contributed by atoms with E-state index in [2.05, 4.69) is 27.8 Å². The van der Waals surface area contributed by atoms with Crippen molar-refractivity contribution >= 4 is 15.9 Å². The zero-order valence-electron chi connectivity index (χ0n) is 11.1. The van der Waals surface area contributed by atoms with Gasteiger partial charge in [0.1, 0.15) is 5.82 Å². The number of halogens is 2. The van der Waals surface area contributed by atoms with Gasteiger partial charge in [-0.25, -0.2) is 4.39 Å². The molecular formula is C14H20BrFN2O. The van der Waals surface area contributed by atoms with Gasteiger partial charge in [-0.15, -0.1) is 0 Å². The van der Waals surface area contributed by atoms with Crippen LogP contribution >= 0.6 is 15.9 Å². The maximum atomic E-state index is 14.1. The largest absolute Gasteiger partial charge is 0.374 e. The number of hydrogen-bond donors (Lipinski definition) is 1. The Kier molecular flexibility index (Phi) is 5.33. The van der Waals surface area contributed by atoms with Crippen molar-refractivity contribution in [1.29, 1.82) is 0 Å². The van der Waals surface area contributed by atoms with Crippen LogP contribution in [-0.4, -0.2) is 37.2 Å². The maximum Gasteiger partial charge on any atom is 0.142 e. The first kappa shape index (κ1) is 14.9. The molecule has 3 nitrogen and oxygen atoms in total. The normalized spacial score (nSPS) is 22.4. The molecule has 1 aliphatic heterocycles. The quantitative estimate of drug-likeness (QED) is 0.922. The Morgan fingerprint density at radius 3 is 3.11 bits per heavy atom. The van der Waals surface area contributed by atoms with E-state index in [1.807, 2.05) is 0 Å². The molecule has 2 atom stereocenters. The fraction of sp³-hybridized carbons (Fsp3) is 0.571. The molecule has 0 saturated carbocycles. The first-order chi connectivity index (χ1) is 9.13. The monoisotopic (exact) mass is 330 g/mol. The van der Waals surface area contributed by atoms with E-state index in [1.165, 1.54) is 0 Å². The average molecular weight is 331 g/mol. The Morgan fingerprint density at radius 2 is 2.37 bits per heavy atom. The van der Waals surface area contributed by atoms with Crippen LogP contribution in [0.5, 0.6) is 0 Å². The van der Waals surface area contributed by atoms with Gasteiger partial charge in [-0.1, -0.05) is 19.1 Å². The van der Waals surface area contributed by atoms with Gasteiger partial charge in [0, 0.05) is 18.7 Å². The minimum absolute atomic E-state index is 0.149. The molecule has 0 bridgehead atoms. The molecule has 1 saturated heterocycles. The highest BCUT2D eigenvalue weighted by atomic mass is 79.9. The second-order valence-electron chi connectivity index (χ2n) is 4.88. The van der Waals surface area contributed by atoms with Gasteiger partial charge < -0.3 is 10.5 Å². The molecule has 2 unspecified atom stereocenters. The minimum Gasteiger partial charge on any atom is -0.374 e. The standard InChI is InChI=1S/C14H20BrFN2O/c1-2-6-18-7-8-19-12(9-18)14(17)10-4-3-5-11(15)13(10)16/h3-5,12,14H,2,6-9,17H2,1H3. The molecule has 106 valence electrons. The number of rotatable bonds is 4. The Balaban J connectivity index is 2.10. The second-order valence-corrected chi connectivity index (χ2v) is 5.73. The van der Waals surface area contributed by atoms with Crippen molar-refractivity contribution < 1.29 is 9.13 Å². The SMILES string of the molecule is CCCN1CCOC(C(N)c2cccc(Br)c2F)C1. The zero-order valence-corrected chi connectivity index (χ0v) is 12.7. The van der Waals surface area contributed by atoms with E-state index < -0.39 is 6.04 Å². The third kappa shape index (κ3) is 3.54. The molecule has 1 aromatic carbocycles. The van der Waals surface area contributed by atoms with Gasteiger partial charge in [-0.05, 0) is 35.0 Å². The fourth-order valence-corrected chi connectivity index (χ4v) is 2.83. The Morgan fingerprint density at radius 1 is 1.58 bits per heavy atom. The summed E-state index contributed by atoms with van der Waals surface area (Å²) in [5.41, 5.74) is 6.70. The van der Waals surface area contributed by atoms with Crippen LogP contribution in [0.25, 0.3) is 0 Å². The Hall–Kier alpha value is -0.490. The summed E-state index contributed by atoms with van der Waals surface area (Å²) in [7, 11) is 0.